The molecule has 3 rings (SSSR count). The molecule has 3 aromatic rings. The van der Waals surface area contributed by atoms with Gasteiger partial charge in [-0.25, -0.2) is 4.98 Å². The second-order valence-electron chi connectivity index (χ2n) is 6.65. The van der Waals surface area contributed by atoms with Gasteiger partial charge in [0.1, 0.15) is 12.4 Å². The number of benzene rings is 1. The maximum absolute atomic E-state index is 12.4. The lowest BCUT2D eigenvalue weighted by molar-refractivity contribution is 0.0951. The molecule has 0 aliphatic rings. The van der Waals surface area contributed by atoms with Crippen LogP contribution in [0.4, 0.5) is 0 Å². The molecule has 0 aliphatic heterocycles. The van der Waals surface area contributed by atoms with Gasteiger partial charge >= 0.3 is 0 Å². The van der Waals surface area contributed by atoms with Crippen LogP contribution in [0.2, 0.25) is 0 Å². The maximum atomic E-state index is 12.4. The van der Waals surface area contributed by atoms with E-state index in [0.717, 1.165) is 17.2 Å². The summed E-state index contributed by atoms with van der Waals surface area (Å²) in [6.45, 7) is 7.80. The lowest BCUT2D eigenvalue weighted by atomic mass is 10.2. The third-order valence-corrected chi connectivity index (χ3v) is 4.69. The van der Waals surface area contributed by atoms with Gasteiger partial charge in [-0.15, -0.1) is 0 Å². The Morgan fingerprint density at radius 1 is 1.04 bits per heavy atom. The van der Waals surface area contributed by atoms with Gasteiger partial charge in [-0.05, 0) is 57.2 Å². The van der Waals surface area contributed by atoms with Crippen molar-refractivity contribution in [2.45, 2.75) is 33.9 Å². The molecule has 27 heavy (non-hydrogen) atoms. The SMILES string of the molecule is COCc1ncc(C)n1CCNC(=O)c1ccc(-n2c(C)ccc2C)cc1. The van der Waals surface area contributed by atoms with E-state index in [1.54, 1.807) is 7.11 Å². The Morgan fingerprint density at radius 2 is 1.70 bits per heavy atom. The Kier molecular flexibility index (Phi) is 5.76. The summed E-state index contributed by atoms with van der Waals surface area (Å²) >= 11 is 0. The molecule has 1 N–H and O–H groups in total. The van der Waals surface area contributed by atoms with Crippen molar-refractivity contribution in [1.82, 2.24) is 19.4 Å². The van der Waals surface area contributed by atoms with Crippen LogP contribution in [0.5, 0.6) is 0 Å². The predicted octanol–water partition coefficient (Wildman–Crippen LogP) is 3.18. The topological polar surface area (TPSA) is 61.1 Å². The fraction of sp³-hybridized carbons (Fsp3) is 0.333. The van der Waals surface area contributed by atoms with Gasteiger partial charge in [0, 0.05) is 54.7 Å². The molecule has 6 heteroatoms. The van der Waals surface area contributed by atoms with Crippen LogP contribution >= 0.6 is 0 Å². The van der Waals surface area contributed by atoms with Gasteiger partial charge in [-0.1, -0.05) is 0 Å². The number of carbonyl (C=O) groups is 1. The minimum absolute atomic E-state index is 0.0754. The molecule has 6 nitrogen and oxygen atoms in total. The van der Waals surface area contributed by atoms with Gasteiger partial charge in [-0.2, -0.15) is 0 Å². The van der Waals surface area contributed by atoms with Crippen molar-refractivity contribution in [3.8, 4) is 5.69 Å². The lowest BCUT2D eigenvalue weighted by Gasteiger charge is -2.12. The monoisotopic (exact) mass is 366 g/mol. The van der Waals surface area contributed by atoms with Crippen LogP contribution < -0.4 is 5.32 Å². The average molecular weight is 366 g/mol. The van der Waals surface area contributed by atoms with Gasteiger partial charge in [0.15, 0.2) is 0 Å². The Hall–Kier alpha value is -2.86. The molecule has 1 amide bonds. The highest BCUT2D eigenvalue weighted by molar-refractivity contribution is 5.94. The number of rotatable bonds is 7. The van der Waals surface area contributed by atoms with Crippen molar-refractivity contribution in [2.24, 2.45) is 0 Å². The van der Waals surface area contributed by atoms with Crippen molar-refractivity contribution >= 4 is 5.91 Å². The largest absolute Gasteiger partial charge is 0.377 e. The number of nitrogens with zero attached hydrogens (tertiary/aromatic N) is 3. The highest BCUT2D eigenvalue weighted by atomic mass is 16.5. The predicted molar refractivity (Wildman–Crippen MR) is 105 cm³/mol. The van der Waals surface area contributed by atoms with Gasteiger partial charge in [0.25, 0.3) is 5.91 Å². The highest BCUT2D eigenvalue weighted by Crippen LogP contribution is 2.17. The Labute approximate surface area is 159 Å². The molecule has 0 spiro atoms. The van der Waals surface area contributed by atoms with Gasteiger partial charge < -0.3 is 19.2 Å². The maximum Gasteiger partial charge on any atom is 0.251 e. The van der Waals surface area contributed by atoms with Crippen molar-refractivity contribution in [1.29, 1.82) is 0 Å². The van der Waals surface area contributed by atoms with E-state index in [9.17, 15) is 4.79 Å². The fourth-order valence-electron chi connectivity index (χ4n) is 3.28. The van der Waals surface area contributed by atoms with Gasteiger partial charge in [-0.3, -0.25) is 4.79 Å². The molecule has 0 bridgehead atoms. The van der Waals surface area contributed by atoms with E-state index in [4.69, 9.17) is 4.74 Å². The molecule has 0 saturated heterocycles. The first-order chi connectivity index (χ1) is 13.0. The highest BCUT2D eigenvalue weighted by Gasteiger charge is 2.10. The van der Waals surface area contributed by atoms with Gasteiger partial charge in [0.2, 0.25) is 0 Å². The number of aromatic nitrogens is 3. The zero-order valence-electron chi connectivity index (χ0n) is 16.3. The lowest BCUT2D eigenvalue weighted by Crippen LogP contribution is -2.28. The van der Waals surface area contributed by atoms with Crippen LogP contribution in [0.15, 0.2) is 42.6 Å². The number of nitrogens with one attached hydrogen (secondary N) is 1. The normalized spacial score (nSPS) is 11.0. The van der Waals surface area contributed by atoms with Crippen LogP contribution in [0.1, 0.15) is 33.3 Å². The molecule has 142 valence electrons. The number of hydrogen-bond donors (Lipinski definition) is 1. The third-order valence-electron chi connectivity index (χ3n) is 4.69. The molecule has 2 aromatic heterocycles. The minimum atomic E-state index is -0.0754. The van der Waals surface area contributed by atoms with E-state index in [1.165, 1.54) is 11.4 Å². The molecule has 0 aliphatic carbocycles. The van der Waals surface area contributed by atoms with Crippen LogP contribution in [0.3, 0.4) is 0 Å². The number of ether oxygens (including phenoxy) is 1. The van der Waals surface area contributed by atoms with E-state index in [-0.39, 0.29) is 5.91 Å². The molecule has 2 heterocycles. The smallest absolute Gasteiger partial charge is 0.251 e. The number of imidazole rings is 1. The van der Waals surface area contributed by atoms with Crippen molar-refractivity contribution in [2.75, 3.05) is 13.7 Å². The zero-order chi connectivity index (χ0) is 19.4. The fourth-order valence-corrected chi connectivity index (χ4v) is 3.28. The summed E-state index contributed by atoms with van der Waals surface area (Å²) in [5.74, 6) is 0.791. The van der Waals surface area contributed by atoms with Crippen molar-refractivity contribution in [3.05, 3.63) is 71.1 Å². The first kappa shape index (κ1) is 18.9. The summed E-state index contributed by atoms with van der Waals surface area (Å²) in [7, 11) is 1.65. The zero-order valence-corrected chi connectivity index (χ0v) is 16.3. The molecule has 0 radical (unpaired) electrons. The summed E-state index contributed by atoms with van der Waals surface area (Å²) < 4.78 is 9.39. The molecule has 0 atom stereocenters. The first-order valence-corrected chi connectivity index (χ1v) is 9.04. The van der Waals surface area contributed by atoms with Crippen LogP contribution in [-0.4, -0.2) is 33.7 Å². The van der Waals surface area contributed by atoms with E-state index >= 15 is 0 Å². The average Bonchev–Trinajstić information content (AvgIpc) is 3.18. The number of hydrogen-bond acceptors (Lipinski definition) is 3. The summed E-state index contributed by atoms with van der Waals surface area (Å²) in [6, 6.07) is 11.9. The van der Waals surface area contributed by atoms with E-state index in [1.807, 2.05) is 37.4 Å². The van der Waals surface area contributed by atoms with Crippen LogP contribution in [-0.2, 0) is 17.9 Å². The van der Waals surface area contributed by atoms with E-state index in [0.29, 0.717) is 25.3 Å². The second-order valence-corrected chi connectivity index (χ2v) is 6.65. The standard InChI is InChI=1S/C21H26N4O2/c1-15-5-6-16(2)25(15)19-9-7-18(8-10-19)21(26)22-11-12-24-17(3)13-23-20(24)14-27-4/h5-10,13H,11-12,14H2,1-4H3,(H,22,26). The Balaban J connectivity index is 1.61. The number of amides is 1. The second kappa shape index (κ2) is 8.22. The van der Waals surface area contributed by atoms with Gasteiger partial charge in [0.05, 0.1) is 0 Å². The van der Waals surface area contributed by atoms with Crippen molar-refractivity contribution < 1.29 is 9.53 Å². The summed E-state index contributed by atoms with van der Waals surface area (Å²) in [5.41, 5.74) is 5.11. The van der Waals surface area contributed by atoms with Crippen LogP contribution in [0.25, 0.3) is 5.69 Å². The quantitative estimate of drug-likeness (QED) is 0.699. The first-order valence-electron chi connectivity index (χ1n) is 9.04. The third kappa shape index (κ3) is 4.11. The Morgan fingerprint density at radius 3 is 2.33 bits per heavy atom. The van der Waals surface area contributed by atoms with E-state index in [2.05, 4.69) is 45.4 Å². The molecule has 1 aromatic carbocycles. The summed E-state index contributed by atoms with van der Waals surface area (Å²) in [6.07, 6.45) is 1.82. The molecular weight excluding hydrogens is 340 g/mol. The van der Waals surface area contributed by atoms with Crippen molar-refractivity contribution in [3.63, 3.8) is 0 Å². The summed E-state index contributed by atoms with van der Waals surface area (Å²) in [5, 5.41) is 2.98. The summed E-state index contributed by atoms with van der Waals surface area (Å²) in [4.78, 5) is 16.8. The number of methoxy groups -OCH3 is 1. The number of carbonyl (C=O) groups excluding carboxylic acids is 1. The Bertz CT molecular complexity index is 903. The molecule has 0 unspecified atom stereocenters. The van der Waals surface area contributed by atoms with Crippen LogP contribution in [0, 0.1) is 20.8 Å². The molecule has 0 fully saturated rings. The minimum Gasteiger partial charge on any atom is -0.377 e. The molecular formula is C21H26N4O2. The van der Waals surface area contributed by atoms with E-state index < -0.39 is 0 Å². The molecule has 0 saturated carbocycles. The number of aryl methyl sites for hydroxylation is 3.